The third kappa shape index (κ3) is 2.83. The molecule has 2 amide bonds. The number of hydrogen-bond acceptors (Lipinski definition) is 2. The van der Waals surface area contributed by atoms with Crippen molar-refractivity contribution in [1.29, 1.82) is 0 Å². The monoisotopic (exact) mass is 230 g/mol. The van der Waals surface area contributed by atoms with Gasteiger partial charge in [0.2, 0.25) is 0 Å². The number of nitrogens with zero attached hydrogens (tertiary/aromatic N) is 1. The van der Waals surface area contributed by atoms with Crippen molar-refractivity contribution >= 4 is 11.8 Å². The van der Waals surface area contributed by atoms with Crippen LogP contribution in [0.2, 0.25) is 0 Å². The van der Waals surface area contributed by atoms with Crippen LogP contribution in [-0.4, -0.2) is 23.3 Å². The van der Waals surface area contributed by atoms with Gasteiger partial charge >= 0.3 is 0 Å². The Morgan fingerprint density at radius 2 is 1.64 bits per heavy atom. The molecular formula is C7H11NO2Y. The average Bonchev–Trinajstić information content (AvgIpc) is 2.12. The minimum absolute atomic E-state index is 0. The van der Waals surface area contributed by atoms with Crippen molar-refractivity contribution in [2.45, 2.75) is 14.4 Å². The molecule has 1 rings (SSSR count). The molecular weight excluding hydrogens is 219 g/mol. The van der Waals surface area contributed by atoms with E-state index in [0.29, 0.717) is 6.54 Å². The van der Waals surface area contributed by atoms with Crippen LogP contribution in [-0.2, 0) is 42.3 Å². The maximum Gasteiger partial charge on any atom is 0.253 e. The number of likely N-dealkylation sites (N-methyl/N-ethyl adjacent to an activating group) is 1. The van der Waals surface area contributed by atoms with Gasteiger partial charge in [-0.25, -0.2) is 0 Å². The molecule has 0 N–H and O–H groups in total. The first-order valence-corrected chi connectivity index (χ1v) is 2.79. The zero-order valence-electron chi connectivity index (χ0n) is 5.70. The molecule has 1 aliphatic heterocycles. The second kappa shape index (κ2) is 5.61. The molecule has 0 saturated carbocycles. The summed E-state index contributed by atoms with van der Waals surface area (Å²) in [4.78, 5) is 22.4. The first-order valence-electron chi connectivity index (χ1n) is 2.79. The van der Waals surface area contributed by atoms with Crippen LogP contribution in [0.1, 0.15) is 14.4 Å². The summed E-state index contributed by atoms with van der Waals surface area (Å²) >= 11 is 0. The third-order valence-electron chi connectivity index (χ3n) is 1.22. The average molecular weight is 230 g/mol. The summed E-state index contributed by atoms with van der Waals surface area (Å²) in [7, 11) is 0. The van der Waals surface area contributed by atoms with E-state index >= 15 is 0 Å². The molecule has 11 heavy (non-hydrogen) atoms. The van der Waals surface area contributed by atoms with Gasteiger partial charge in [0, 0.05) is 51.4 Å². The normalized spacial score (nSPS) is 14.5. The fourth-order valence-electron chi connectivity index (χ4n) is 0.743. The van der Waals surface area contributed by atoms with Gasteiger partial charge in [0.05, 0.1) is 0 Å². The molecule has 0 saturated heterocycles. The molecule has 1 aliphatic rings. The van der Waals surface area contributed by atoms with Crippen LogP contribution in [0, 0.1) is 0 Å². The van der Waals surface area contributed by atoms with E-state index in [2.05, 4.69) is 0 Å². The van der Waals surface area contributed by atoms with Crippen molar-refractivity contribution in [3.63, 3.8) is 0 Å². The summed E-state index contributed by atoms with van der Waals surface area (Å²) in [6, 6.07) is 0. The molecule has 1 radical (unpaired) electrons. The molecule has 0 spiro atoms. The topological polar surface area (TPSA) is 37.4 Å². The number of imide groups is 1. The largest absolute Gasteiger partial charge is 0.276 e. The summed E-state index contributed by atoms with van der Waals surface area (Å²) in [5.41, 5.74) is 0. The zero-order valence-corrected chi connectivity index (χ0v) is 8.54. The maximum atomic E-state index is 10.6. The van der Waals surface area contributed by atoms with Gasteiger partial charge in [0.1, 0.15) is 0 Å². The molecule has 0 fully saturated rings. The maximum absolute atomic E-state index is 10.6. The Bertz CT molecular complexity index is 171. The molecule has 59 valence electrons. The number of carbonyl (C=O) groups excluding carboxylic acids is 2. The Morgan fingerprint density at radius 1 is 1.27 bits per heavy atom. The van der Waals surface area contributed by atoms with Crippen molar-refractivity contribution in [1.82, 2.24) is 4.90 Å². The summed E-state index contributed by atoms with van der Waals surface area (Å²) in [5, 5.41) is 0. The fraction of sp³-hybridized carbons (Fsp3) is 0.429. The smallest absolute Gasteiger partial charge is 0.253 e. The van der Waals surface area contributed by atoms with Crippen LogP contribution >= 0.6 is 0 Å². The minimum atomic E-state index is -0.206. The predicted octanol–water partition coefficient (Wildman–Crippen LogP) is 0.565. The second-order valence-electron chi connectivity index (χ2n) is 1.75. The van der Waals surface area contributed by atoms with E-state index < -0.39 is 0 Å². The minimum Gasteiger partial charge on any atom is -0.276 e. The number of carbonyl (C=O) groups is 2. The van der Waals surface area contributed by atoms with Gasteiger partial charge in [-0.05, 0) is 6.92 Å². The number of rotatable bonds is 1. The van der Waals surface area contributed by atoms with Crippen molar-refractivity contribution in [3.8, 4) is 0 Å². The van der Waals surface area contributed by atoms with E-state index in [4.69, 9.17) is 0 Å². The Hall–Kier alpha value is -0.0161. The van der Waals surface area contributed by atoms with Gasteiger partial charge in [-0.2, -0.15) is 0 Å². The van der Waals surface area contributed by atoms with Crippen LogP contribution in [0.5, 0.6) is 0 Å². The van der Waals surface area contributed by atoms with Gasteiger partial charge in [0.15, 0.2) is 0 Å². The summed E-state index contributed by atoms with van der Waals surface area (Å²) in [5.74, 6) is -0.412. The Kier molecular flexibility index (Phi) is 6.92. The molecule has 4 heteroatoms. The van der Waals surface area contributed by atoms with Gasteiger partial charge < -0.3 is 0 Å². The van der Waals surface area contributed by atoms with Crippen LogP contribution in [0.15, 0.2) is 12.2 Å². The Morgan fingerprint density at radius 3 is 1.82 bits per heavy atom. The standard InChI is InChI=1S/C6H7NO2.CH4.Y/c1-2-7-5(8)3-4-6(7)9;;/h3-4H,2H2,1H3;1H4;. The summed E-state index contributed by atoms with van der Waals surface area (Å²) in [6.07, 6.45) is 2.57. The van der Waals surface area contributed by atoms with E-state index in [0.717, 1.165) is 0 Å². The van der Waals surface area contributed by atoms with Crippen LogP contribution in [0.4, 0.5) is 0 Å². The third-order valence-corrected chi connectivity index (χ3v) is 1.22. The van der Waals surface area contributed by atoms with Gasteiger partial charge in [-0.3, -0.25) is 14.5 Å². The van der Waals surface area contributed by atoms with Gasteiger partial charge in [-0.1, -0.05) is 7.43 Å². The molecule has 0 aromatic heterocycles. The number of amides is 2. The first-order chi connectivity index (χ1) is 4.25. The molecule has 1 heterocycles. The number of hydrogen-bond donors (Lipinski definition) is 0. The van der Waals surface area contributed by atoms with E-state index in [-0.39, 0.29) is 52.0 Å². The molecule has 0 aliphatic carbocycles. The van der Waals surface area contributed by atoms with Gasteiger partial charge in [0.25, 0.3) is 11.8 Å². The summed E-state index contributed by atoms with van der Waals surface area (Å²) in [6.45, 7) is 2.23. The molecule has 0 aromatic rings. The van der Waals surface area contributed by atoms with Gasteiger partial charge in [-0.15, -0.1) is 0 Å². The molecule has 0 aromatic carbocycles. The van der Waals surface area contributed by atoms with Crippen molar-refractivity contribution in [2.75, 3.05) is 6.54 Å². The van der Waals surface area contributed by atoms with E-state index in [1.165, 1.54) is 17.1 Å². The van der Waals surface area contributed by atoms with E-state index in [9.17, 15) is 9.59 Å². The quantitative estimate of drug-likeness (QED) is 0.617. The SMILES string of the molecule is C.CCN1C(=O)C=CC1=O.[Y]. The van der Waals surface area contributed by atoms with Crippen molar-refractivity contribution in [3.05, 3.63) is 12.2 Å². The molecule has 0 bridgehead atoms. The fourth-order valence-corrected chi connectivity index (χ4v) is 0.743. The van der Waals surface area contributed by atoms with E-state index in [1.54, 1.807) is 6.92 Å². The first kappa shape index (κ1) is 13.6. The second-order valence-corrected chi connectivity index (χ2v) is 1.75. The van der Waals surface area contributed by atoms with E-state index in [1.807, 2.05) is 0 Å². The van der Waals surface area contributed by atoms with Crippen LogP contribution < -0.4 is 0 Å². The molecule has 0 unspecified atom stereocenters. The van der Waals surface area contributed by atoms with Crippen LogP contribution in [0.25, 0.3) is 0 Å². The predicted molar refractivity (Wildman–Crippen MR) is 38.3 cm³/mol. The molecule has 3 nitrogen and oxygen atoms in total. The summed E-state index contributed by atoms with van der Waals surface area (Å²) < 4.78 is 0. The Labute approximate surface area is 91.7 Å². The zero-order chi connectivity index (χ0) is 6.85. The van der Waals surface area contributed by atoms with Crippen molar-refractivity contribution < 1.29 is 42.3 Å². The Balaban J connectivity index is 0. The molecule has 0 atom stereocenters. The van der Waals surface area contributed by atoms with Crippen molar-refractivity contribution in [2.24, 2.45) is 0 Å². The van der Waals surface area contributed by atoms with Crippen LogP contribution in [0.3, 0.4) is 0 Å².